The Hall–Kier alpha value is -2.30. The average Bonchev–Trinajstić information content (AvgIpc) is 2.91. The van der Waals surface area contributed by atoms with E-state index >= 15 is 0 Å². The second kappa shape index (κ2) is 6.07. The minimum atomic E-state index is -0.903. The molecule has 2 heterocycles. The summed E-state index contributed by atoms with van der Waals surface area (Å²) in [6, 6.07) is 5.30. The number of nitrogens with one attached hydrogen (secondary N) is 1. The molecule has 5 nitrogen and oxygen atoms in total. The number of carboxylic acid groups (broad SMARTS) is 1. The number of hydrogen-bond donors (Lipinski definition) is 2. The van der Waals surface area contributed by atoms with E-state index < -0.39 is 12.0 Å². The van der Waals surface area contributed by atoms with E-state index in [4.69, 9.17) is 0 Å². The van der Waals surface area contributed by atoms with E-state index in [2.05, 4.69) is 4.98 Å². The van der Waals surface area contributed by atoms with E-state index in [-0.39, 0.29) is 12.3 Å². The Morgan fingerprint density at radius 3 is 2.91 bits per heavy atom. The van der Waals surface area contributed by atoms with Gasteiger partial charge in [-0.05, 0) is 36.8 Å². The molecule has 1 fully saturated rings. The first-order chi connectivity index (χ1) is 11.0. The summed E-state index contributed by atoms with van der Waals surface area (Å²) >= 11 is 0. The van der Waals surface area contributed by atoms with Gasteiger partial charge in [-0.1, -0.05) is 25.1 Å². The quantitative estimate of drug-likeness (QED) is 0.915. The minimum absolute atomic E-state index is 0.105. The summed E-state index contributed by atoms with van der Waals surface area (Å²) in [5, 5.41) is 10.4. The highest BCUT2D eigenvalue weighted by molar-refractivity contribution is 5.91. The van der Waals surface area contributed by atoms with Crippen molar-refractivity contribution < 1.29 is 14.7 Å². The SMILES string of the molecule is Cc1cccc2c(CC(=O)N3CCC(C)CC3C(=O)O)c[nH]c12. The number of amides is 1. The first-order valence-electron chi connectivity index (χ1n) is 8.05. The fourth-order valence-electron chi connectivity index (χ4n) is 3.45. The first-order valence-corrected chi connectivity index (χ1v) is 8.05. The van der Waals surface area contributed by atoms with Gasteiger partial charge in [0.05, 0.1) is 6.42 Å². The molecule has 3 rings (SSSR count). The summed E-state index contributed by atoms with van der Waals surface area (Å²) in [4.78, 5) is 28.9. The zero-order valence-corrected chi connectivity index (χ0v) is 13.5. The smallest absolute Gasteiger partial charge is 0.326 e. The Morgan fingerprint density at radius 2 is 2.17 bits per heavy atom. The lowest BCUT2D eigenvalue weighted by molar-refractivity contribution is -0.152. The summed E-state index contributed by atoms with van der Waals surface area (Å²) in [5.74, 6) is -0.665. The lowest BCUT2D eigenvalue weighted by Gasteiger charge is -2.36. The van der Waals surface area contributed by atoms with Gasteiger partial charge in [0, 0.05) is 23.6 Å². The number of piperidine rings is 1. The monoisotopic (exact) mass is 314 g/mol. The van der Waals surface area contributed by atoms with Crippen molar-refractivity contribution in [2.75, 3.05) is 6.54 Å². The van der Waals surface area contributed by atoms with Gasteiger partial charge in [-0.2, -0.15) is 0 Å². The number of aromatic amines is 1. The first kappa shape index (κ1) is 15.6. The molecule has 23 heavy (non-hydrogen) atoms. The van der Waals surface area contributed by atoms with Crippen LogP contribution in [0, 0.1) is 12.8 Å². The van der Waals surface area contributed by atoms with Crippen molar-refractivity contribution in [2.24, 2.45) is 5.92 Å². The molecule has 2 N–H and O–H groups in total. The number of carboxylic acids is 1. The molecule has 122 valence electrons. The standard InChI is InChI=1S/C18H22N2O3/c1-11-6-7-20(15(8-11)18(22)23)16(21)9-13-10-19-17-12(2)4-3-5-14(13)17/h3-5,10-11,15,19H,6-9H2,1-2H3,(H,22,23). The third-order valence-corrected chi connectivity index (χ3v) is 4.82. The summed E-state index contributed by atoms with van der Waals surface area (Å²) in [5.41, 5.74) is 3.10. The van der Waals surface area contributed by atoms with Crippen LogP contribution in [0.25, 0.3) is 10.9 Å². The van der Waals surface area contributed by atoms with Crippen LogP contribution in [-0.4, -0.2) is 39.5 Å². The molecule has 1 aromatic heterocycles. The number of hydrogen-bond acceptors (Lipinski definition) is 2. The predicted molar refractivity (Wildman–Crippen MR) is 88.3 cm³/mol. The third kappa shape index (κ3) is 2.96. The number of rotatable bonds is 3. The van der Waals surface area contributed by atoms with Crippen molar-refractivity contribution in [3.05, 3.63) is 35.5 Å². The molecule has 1 aliphatic rings. The molecule has 5 heteroatoms. The van der Waals surface area contributed by atoms with Crippen LogP contribution in [0.5, 0.6) is 0 Å². The summed E-state index contributed by atoms with van der Waals surface area (Å²) in [7, 11) is 0. The molecule has 2 unspecified atom stereocenters. The average molecular weight is 314 g/mol. The predicted octanol–water partition coefficient (Wildman–Crippen LogP) is 2.73. The van der Waals surface area contributed by atoms with E-state index in [1.54, 1.807) is 0 Å². The largest absolute Gasteiger partial charge is 0.480 e. The highest BCUT2D eigenvalue weighted by Crippen LogP contribution is 2.26. The number of aromatic nitrogens is 1. The molecule has 1 amide bonds. The van der Waals surface area contributed by atoms with Crippen LogP contribution in [0.2, 0.25) is 0 Å². The second-order valence-corrected chi connectivity index (χ2v) is 6.56. The van der Waals surface area contributed by atoms with Gasteiger partial charge in [0.2, 0.25) is 5.91 Å². The van der Waals surface area contributed by atoms with Gasteiger partial charge in [0.25, 0.3) is 0 Å². The molecule has 1 aromatic carbocycles. The van der Waals surface area contributed by atoms with Gasteiger partial charge in [-0.15, -0.1) is 0 Å². The lowest BCUT2D eigenvalue weighted by Crippen LogP contribution is -2.50. The molecule has 0 radical (unpaired) electrons. The van der Waals surface area contributed by atoms with E-state index in [0.29, 0.717) is 18.9 Å². The summed E-state index contributed by atoms with van der Waals surface area (Å²) in [6.07, 6.45) is 3.50. The van der Waals surface area contributed by atoms with Gasteiger partial charge in [0.15, 0.2) is 0 Å². The van der Waals surface area contributed by atoms with Crippen LogP contribution in [-0.2, 0) is 16.0 Å². The van der Waals surface area contributed by atoms with Gasteiger partial charge in [0.1, 0.15) is 6.04 Å². The lowest BCUT2D eigenvalue weighted by atomic mass is 9.92. The number of carbonyl (C=O) groups is 2. The number of carbonyl (C=O) groups excluding carboxylic acids is 1. The zero-order chi connectivity index (χ0) is 16.6. The number of aliphatic carboxylic acids is 1. The van der Waals surface area contributed by atoms with Crippen molar-refractivity contribution >= 4 is 22.8 Å². The Labute approximate surface area is 135 Å². The van der Waals surface area contributed by atoms with Crippen molar-refractivity contribution in [1.82, 2.24) is 9.88 Å². The van der Waals surface area contributed by atoms with E-state index in [0.717, 1.165) is 28.5 Å². The van der Waals surface area contributed by atoms with Crippen molar-refractivity contribution in [3.8, 4) is 0 Å². The van der Waals surface area contributed by atoms with Crippen LogP contribution in [0.1, 0.15) is 30.9 Å². The van der Waals surface area contributed by atoms with Gasteiger partial charge >= 0.3 is 5.97 Å². The molecular weight excluding hydrogens is 292 g/mol. The highest BCUT2D eigenvalue weighted by Gasteiger charge is 2.34. The molecule has 1 saturated heterocycles. The summed E-state index contributed by atoms with van der Waals surface area (Å²) in [6.45, 7) is 4.59. The summed E-state index contributed by atoms with van der Waals surface area (Å²) < 4.78 is 0. The molecule has 2 atom stereocenters. The molecule has 0 spiro atoms. The number of fused-ring (bicyclic) bond motifs is 1. The maximum atomic E-state index is 12.7. The fourth-order valence-corrected chi connectivity index (χ4v) is 3.45. The number of nitrogens with zero attached hydrogens (tertiary/aromatic N) is 1. The number of benzene rings is 1. The van der Waals surface area contributed by atoms with Crippen LogP contribution in [0.3, 0.4) is 0 Å². The van der Waals surface area contributed by atoms with Gasteiger partial charge in [-0.25, -0.2) is 4.79 Å². The molecule has 0 aliphatic carbocycles. The van der Waals surface area contributed by atoms with Crippen LogP contribution < -0.4 is 0 Å². The Balaban J connectivity index is 1.82. The number of likely N-dealkylation sites (tertiary alicyclic amines) is 1. The van der Waals surface area contributed by atoms with E-state index in [9.17, 15) is 14.7 Å². The van der Waals surface area contributed by atoms with Crippen molar-refractivity contribution in [2.45, 2.75) is 39.2 Å². The molecule has 0 bridgehead atoms. The number of aryl methyl sites for hydroxylation is 1. The van der Waals surface area contributed by atoms with Crippen LogP contribution in [0.15, 0.2) is 24.4 Å². The third-order valence-electron chi connectivity index (χ3n) is 4.82. The van der Waals surface area contributed by atoms with E-state index in [1.807, 2.05) is 38.2 Å². The number of para-hydroxylation sites is 1. The number of H-pyrrole nitrogens is 1. The Bertz CT molecular complexity index is 750. The maximum absolute atomic E-state index is 12.7. The van der Waals surface area contributed by atoms with E-state index in [1.165, 1.54) is 4.90 Å². The second-order valence-electron chi connectivity index (χ2n) is 6.56. The highest BCUT2D eigenvalue weighted by atomic mass is 16.4. The minimum Gasteiger partial charge on any atom is -0.480 e. The van der Waals surface area contributed by atoms with Crippen LogP contribution >= 0.6 is 0 Å². The zero-order valence-electron chi connectivity index (χ0n) is 13.5. The molecule has 2 aromatic rings. The molecule has 1 aliphatic heterocycles. The molecular formula is C18H22N2O3. The van der Waals surface area contributed by atoms with Crippen LogP contribution in [0.4, 0.5) is 0 Å². The Kier molecular flexibility index (Phi) is 4.11. The molecule has 0 saturated carbocycles. The van der Waals surface area contributed by atoms with Gasteiger partial charge in [-0.3, -0.25) is 4.79 Å². The fraction of sp³-hybridized carbons (Fsp3) is 0.444. The van der Waals surface area contributed by atoms with Crippen molar-refractivity contribution in [3.63, 3.8) is 0 Å². The maximum Gasteiger partial charge on any atom is 0.326 e. The topological polar surface area (TPSA) is 73.4 Å². The Morgan fingerprint density at radius 1 is 1.39 bits per heavy atom. The van der Waals surface area contributed by atoms with Crippen molar-refractivity contribution in [1.29, 1.82) is 0 Å². The van der Waals surface area contributed by atoms with Gasteiger partial charge < -0.3 is 15.0 Å². The normalized spacial score (nSPS) is 21.6.